The standard InChI is InChI=1S/C12H19NO4S/c14-10-12(9-11-5-2-1-3-6-11)13-7-4-8-18(15,16)17/h1-3,5-6,12-14H,4,7-10H2,(H,15,16,17)/t12-/m0/s1. The maximum absolute atomic E-state index is 10.5. The van der Waals surface area contributed by atoms with E-state index >= 15 is 0 Å². The first-order valence-electron chi connectivity index (χ1n) is 5.84. The molecule has 0 saturated heterocycles. The molecule has 0 fully saturated rings. The summed E-state index contributed by atoms with van der Waals surface area (Å²) in [4.78, 5) is 0. The molecule has 0 aliphatic heterocycles. The minimum Gasteiger partial charge on any atom is -0.395 e. The lowest BCUT2D eigenvalue weighted by molar-refractivity contribution is 0.242. The smallest absolute Gasteiger partial charge is 0.264 e. The molecule has 0 spiro atoms. The molecular weight excluding hydrogens is 254 g/mol. The Bertz CT molecular complexity index is 433. The minimum absolute atomic E-state index is 0.0131. The maximum Gasteiger partial charge on any atom is 0.264 e. The Kier molecular flexibility index (Phi) is 6.28. The molecule has 0 unspecified atom stereocenters. The summed E-state index contributed by atoms with van der Waals surface area (Å²) in [5.41, 5.74) is 1.11. The normalized spacial score (nSPS) is 13.4. The fraction of sp³-hybridized carbons (Fsp3) is 0.500. The quantitative estimate of drug-likeness (QED) is 0.473. The summed E-state index contributed by atoms with van der Waals surface area (Å²) < 4.78 is 29.6. The number of aliphatic hydroxyl groups is 1. The molecule has 0 bridgehead atoms. The molecule has 0 heterocycles. The van der Waals surface area contributed by atoms with E-state index in [-0.39, 0.29) is 18.4 Å². The molecule has 5 nitrogen and oxygen atoms in total. The van der Waals surface area contributed by atoms with Crippen LogP contribution in [-0.2, 0) is 16.5 Å². The molecule has 0 aliphatic rings. The summed E-state index contributed by atoms with van der Waals surface area (Å²) in [7, 11) is -3.89. The van der Waals surface area contributed by atoms with Crippen molar-refractivity contribution >= 4 is 10.1 Å². The van der Waals surface area contributed by atoms with Gasteiger partial charge in [-0.1, -0.05) is 30.3 Å². The van der Waals surface area contributed by atoms with Gasteiger partial charge in [0.1, 0.15) is 0 Å². The van der Waals surface area contributed by atoms with Crippen molar-refractivity contribution in [2.75, 3.05) is 18.9 Å². The third-order valence-electron chi connectivity index (χ3n) is 2.56. The second-order valence-corrected chi connectivity index (χ2v) is 5.74. The Hall–Kier alpha value is -0.950. The van der Waals surface area contributed by atoms with E-state index in [2.05, 4.69) is 5.32 Å². The Morgan fingerprint density at radius 2 is 1.89 bits per heavy atom. The number of benzene rings is 1. The zero-order chi connectivity index (χ0) is 13.4. The monoisotopic (exact) mass is 273 g/mol. The van der Waals surface area contributed by atoms with Gasteiger partial charge in [-0.05, 0) is 24.9 Å². The fourth-order valence-corrected chi connectivity index (χ4v) is 2.17. The fourth-order valence-electron chi connectivity index (χ4n) is 1.66. The van der Waals surface area contributed by atoms with Crippen LogP contribution in [0.15, 0.2) is 30.3 Å². The highest BCUT2D eigenvalue weighted by Crippen LogP contribution is 2.02. The maximum atomic E-state index is 10.5. The Labute approximate surface area is 108 Å². The SMILES string of the molecule is O=S(=O)(O)CCCN[C@H](CO)Cc1ccccc1. The predicted octanol–water partition coefficient (Wildman–Crippen LogP) is 0.458. The molecule has 1 aromatic rings. The van der Waals surface area contributed by atoms with E-state index in [1.807, 2.05) is 30.3 Å². The summed E-state index contributed by atoms with van der Waals surface area (Å²) >= 11 is 0. The Morgan fingerprint density at radius 1 is 1.22 bits per heavy atom. The van der Waals surface area contributed by atoms with E-state index < -0.39 is 10.1 Å². The summed E-state index contributed by atoms with van der Waals surface area (Å²) in [6, 6.07) is 9.64. The zero-order valence-corrected chi connectivity index (χ0v) is 10.9. The Balaban J connectivity index is 2.30. The third-order valence-corrected chi connectivity index (χ3v) is 3.36. The molecule has 1 aromatic carbocycles. The summed E-state index contributed by atoms with van der Waals surface area (Å²) in [6.07, 6.45) is 1.01. The van der Waals surface area contributed by atoms with Crippen LogP contribution in [0.3, 0.4) is 0 Å². The topological polar surface area (TPSA) is 86.6 Å². The first kappa shape index (κ1) is 15.1. The van der Waals surface area contributed by atoms with Crippen molar-refractivity contribution in [1.29, 1.82) is 0 Å². The van der Waals surface area contributed by atoms with Gasteiger partial charge in [0.25, 0.3) is 10.1 Å². The van der Waals surface area contributed by atoms with Gasteiger partial charge in [-0.3, -0.25) is 4.55 Å². The van der Waals surface area contributed by atoms with Crippen LogP contribution in [0.25, 0.3) is 0 Å². The molecule has 0 amide bonds. The number of hydrogen-bond donors (Lipinski definition) is 3. The van der Waals surface area contributed by atoms with Gasteiger partial charge in [-0.2, -0.15) is 8.42 Å². The van der Waals surface area contributed by atoms with Crippen LogP contribution in [0.5, 0.6) is 0 Å². The largest absolute Gasteiger partial charge is 0.395 e. The van der Waals surface area contributed by atoms with E-state index in [4.69, 9.17) is 4.55 Å². The highest BCUT2D eigenvalue weighted by atomic mass is 32.2. The lowest BCUT2D eigenvalue weighted by Crippen LogP contribution is -2.35. The van der Waals surface area contributed by atoms with Gasteiger partial charge in [0.15, 0.2) is 0 Å². The number of aliphatic hydroxyl groups excluding tert-OH is 1. The van der Waals surface area contributed by atoms with Gasteiger partial charge >= 0.3 is 0 Å². The summed E-state index contributed by atoms with van der Waals surface area (Å²) in [5, 5.41) is 12.3. The number of rotatable bonds is 8. The predicted molar refractivity (Wildman–Crippen MR) is 70.1 cm³/mol. The van der Waals surface area contributed by atoms with E-state index in [1.54, 1.807) is 0 Å². The first-order valence-corrected chi connectivity index (χ1v) is 7.45. The minimum atomic E-state index is -3.89. The molecule has 18 heavy (non-hydrogen) atoms. The molecule has 102 valence electrons. The van der Waals surface area contributed by atoms with Crippen LogP contribution in [0.1, 0.15) is 12.0 Å². The lowest BCUT2D eigenvalue weighted by atomic mass is 10.1. The van der Waals surface area contributed by atoms with E-state index in [1.165, 1.54) is 0 Å². The molecule has 0 radical (unpaired) electrons. The summed E-state index contributed by atoms with van der Waals surface area (Å²) in [6.45, 7) is 0.429. The van der Waals surface area contributed by atoms with Crippen LogP contribution < -0.4 is 5.32 Å². The van der Waals surface area contributed by atoms with Crippen molar-refractivity contribution in [2.24, 2.45) is 0 Å². The van der Waals surface area contributed by atoms with Crippen LogP contribution in [-0.4, -0.2) is 43.0 Å². The molecule has 0 saturated carbocycles. The Morgan fingerprint density at radius 3 is 2.44 bits per heavy atom. The molecule has 6 heteroatoms. The first-order chi connectivity index (χ1) is 8.51. The van der Waals surface area contributed by atoms with Gasteiger partial charge in [-0.15, -0.1) is 0 Å². The van der Waals surface area contributed by atoms with Crippen molar-refractivity contribution in [3.05, 3.63) is 35.9 Å². The number of nitrogens with one attached hydrogen (secondary N) is 1. The van der Waals surface area contributed by atoms with Crippen LogP contribution in [0.2, 0.25) is 0 Å². The van der Waals surface area contributed by atoms with Gasteiger partial charge in [0, 0.05) is 6.04 Å². The van der Waals surface area contributed by atoms with Crippen LogP contribution in [0, 0.1) is 0 Å². The van der Waals surface area contributed by atoms with Crippen molar-refractivity contribution in [3.63, 3.8) is 0 Å². The molecule has 1 atom stereocenters. The van der Waals surface area contributed by atoms with Crippen LogP contribution in [0.4, 0.5) is 0 Å². The second-order valence-electron chi connectivity index (χ2n) is 4.16. The van der Waals surface area contributed by atoms with E-state index in [9.17, 15) is 13.5 Å². The van der Waals surface area contributed by atoms with Gasteiger partial charge in [0.05, 0.1) is 12.4 Å². The van der Waals surface area contributed by atoms with Crippen molar-refractivity contribution in [2.45, 2.75) is 18.9 Å². The lowest BCUT2D eigenvalue weighted by Gasteiger charge is -2.16. The molecule has 0 aliphatic carbocycles. The third kappa shape index (κ3) is 6.70. The number of hydrogen-bond acceptors (Lipinski definition) is 4. The van der Waals surface area contributed by atoms with Crippen molar-refractivity contribution in [1.82, 2.24) is 5.32 Å². The molecular formula is C12H19NO4S. The van der Waals surface area contributed by atoms with E-state index in [0.29, 0.717) is 19.4 Å². The molecule has 1 rings (SSSR count). The molecule has 0 aromatic heterocycles. The van der Waals surface area contributed by atoms with Crippen LogP contribution >= 0.6 is 0 Å². The average molecular weight is 273 g/mol. The average Bonchev–Trinajstić information content (AvgIpc) is 2.33. The van der Waals surface area contributed by atoms with Gasteiger partial charge in [-0.25, -0.2) is 0 Å². The highest BCUT2D eigenvalue weighted by molar-refractivity contribution is 7.85. The van der Waals surface area contributed by atoms with Gasteiger partial charge in [0.2, 0.25) is 0 Å². The van der Waals surface area contributed by atoms with Crippen molar-refractivity contribution < 1.29 is 18.1 Å². The highest BCUT2D eigenvalue weighted by Gasteiger charge is 2.09. The summed E-state index contributed by atoms with van der Waals surface area (Å²) in [5.74, 6) is -0.260. The second kappa shape index (κ2) is 7.48. The van der Waals surface area contributed by atoms with Gasteiger partial charge < -0.3 is 10.4 Å². The molecule has 3 N–H and O–H groups in total. The van der Waals surface area contributed by atoms with Crippen molar-refractivity contribution in [3.8, 4) is 0 Å². The zero-order valence-electron chi connectivity index (χ0n) is 10.1. The van der Waals surface area contributed by atoms with E-state index in [0.717, 1.165) is 5.56 Å².